The quantitative estimate of drug-likeness (QED) is 0.123. The summed E-state index contributed by atoms with van der Waals surface area (Å²) in [5.74, 6) is 1.28. The van der Waals surface area contributed by atoms with Crippen LogP contribution in [0, 0.1) is 24.0 Å². The van der Waals surface area contributed by atoms with Crippen molar-refractivity contribution < 1.29 is 18.9 Å². The zero-order valence-corrected chi connectivity index (χ0v) is 23.3. The first-order chi connectivity index (χ1) is 20.9. The molecule has 0 bridgehead atoms. The summed E-state index contributed by atoms with van der Waals surface area (Å²) in [6, 6.07) is 25.7. The second kappa shape index (κ2) is 11.5. The van der Waals surface area contributed by atoms with Gasteiger partial charge in [0.05, 0.1) is 16.7 Å². The number of pyridine rings is 1. The molecule has 214 valence electrons. The van der Waals surface area contributed by atoms with Crippen molar-refractivity contribution in [2.45, 2.75) is 20.5 Å². The van der Waals surface area contributed by atoms with Gasteiger partial charge >= 0.3 is 5.91 Å². The number of carbonyl (C=O) groups is 1. The van der Waals surface area contributed by atoms with E-state index in [4.69, 9.17) is 9.15 Å². The monoisotopic (exact) mass is 574 g/mol. The maximum Gasteiger partial charge on any atom is 0.307 e. The van der Waals surface area contributed by atoms with E-state index in [2.05, 4.69) is 46.1 Å². The van der Waals surface area contributed by atoms with Gasteiger partial charge in [-0.15, -0.1) is 0 Å². The third-order valence-electron chi connectivity index (χ3n) is 6.94. The van der Waals surface area contributed by atoms with Crippen LogP contribution in [0.1, 0.15) is 33.3 Å². The lowest BCUT2D eigenvalue weighted by atomic mass is 10.2. The highest BCUT2D eigenvalue weighted by Crippen LogP contribution is 2.24. The number of fused-ring (bicyclic) bond motifs is 1. The van der Waals surface area contributed by atoms with E-state index in [1.165, 1.54) is 18.5 Å². The van der Waals surface area contributed by atoms with E-state index >= 15 is 0 Å². The summed E-state index contributed by atoms with van der Waals surface area (Å²) in [5, 5.41) is 16.0. The van der Waals surface area contributed by atoms with Gasteiger partial charge in [-0.2, -0.15) is 5.10 Å². The van der Waals surface area contributed by atoms with E-state index in [1.54, 1.807) is 29.0 Å². The van der Waals surface area contributed by atoms with Crippen molar-refractivity contribution in [3.63, 3.8) is 0 Å². The minimum Gasteiger partial charge on any atom is -0.486 e. The molecular formula is C32H26N6O5. The second-order valence-electron chi connectivity index (χ2n) is 9.80. The number of nitrogens with zero attached hydrogens (tertiary/aromatic N) is 5. The zero-order chi connectivity index (χ0) is 29.9. The van der Waals surface area contributed by atoms with Gasteiger partial charge in [0.25, 0.3) is 5.69 Å². The molecule has 6 rings (SSSR count). The van der Waals surface area contributed by atoms with Crippen LogP contribution in [0.4, 0.5) is 5.69 Å². The molecule has 43 heavy (non-hydrogen) atoms. The number of amides is 1. The highest BCUT2D eigenvalue weighted by molar-refractivity contribution is 6.00. The molecule has 1 N–H and O–H groups in total. The van der Waals surface area contributed by atoms with E-state index in [0.29, 0.717) is 17.3 Å². The number of nitrogens with one attached hydrogen (secondary N) is 1. The van der Waals surface area contributed by atoms with Crippen molar-refractivity contribution in [2.24, 2.45) is 5.10 Å². The number of furan rings is 1. The number of aromatic nitrogens is 3. The number of para-hydroxylation sites is 1. The molecule has 0 aliphatic carbocycles. The number of hydrogen-bond acceptors (Lipinski definition) is 7. The first-order valence-corrected chi connectivity index (χ1v) is 13.4. The Morgan fingerprint density at radius 2 is 1.79 bits per heavy atom. The SMILES string of the molecule is Cc1ccc(C)n1-c1ccc(OCc2ccc(C(=O)N/N=C/c3cn(-c4ccc([N+](=O)[O-])cn4)c4ccccc34)o2)cc1. The predicted octanol–water partition coefficient (Wildman–Crippen LogP) is 6.28. The van der Waals surface area contributed by atoms with Gasteiger partial charge in [0, 0.05) is 40.3 Å². The molecule has 0 aliphatic rings. The van der Waals surface area contributed by atoms with Gasteiger partial charge in [-0.3, -0.25) is 14.9 Å². The van der Waals surface area contributed by atoms with Gasteiger partial charge in [-0.05, 0) is 74.5 Å². The summed E-state index contributed by atoms with van der Waals surface area (Å²) in [4.78, 5) is 27.4. The van der Waals surface area contributed by atoms with Gasteiger partial charge in [0.2, 0.25) is 0 Å². The largest absolute Gasteiger partial charge is 0.486 e. The van der Waals surface area contributed by atoms with Crippen molar-refractivity contribution in [3.8, 4) is 17.3 Å². The molecule has 1 amide bonds. The molecule has 0 unspecified atom stereocenters. The molecule has 4 heterocycles. The number of ether oxygens (including phenoxy) is 1. The summed E-state index contributed by atoms with van der Waals surface area (Å²) >= 11 is 0. The Balaban J connectivity index is 1.09. The van der Waals surface area contributed by atoms with Crippen molar-refractivity contribution in [3.05, 3.63) is 136 Å². The van der Waals surface area contributed by atoms with Gasteiger partial charge in [0.1, 0.15) is 30.1 Å². The maximum absolute atomic E-state index is 12.7. The summed E-state index contributed by atoms with van der Waals surface area (Å²) in [6.07, 6.45) is 4.53. The number of benzene rings is 2. The van der Waals surface area contributed by atoms with Crippen LogP contribution in [-0.2, 0) is 6.61 Å². The van der Waals surface area contributed by atoms with Gasteiger partial charge in [-0.25, -0.2) is 10.4 Å². The normalized spacial score (nSPS) is 11.3. The summed E-state index contributed by atoms with van der Waals surface area (Å²) in [5.41, 5.74) is 7.31. The maximum atomic E-state index is 12.7. The zero-order valence-electron chi connectivity index (χ0n) is 23.3. The van der Waals surface area contributed by atoms with Crippen LogP contribution in [0.2, 0.25) is 0 Å². The van der Waals surface area contributed by atoms with Crippen LogP contribution in [0.5, 0.6) is 5.75 Å². The lowest BCUT2D eigenvalue weighted by Gasteiger charge is -2.10. The molecule has 0 saturated carbocycles. The second-order valence-corrected chi connectivity index (χ2v) is 9.80. The summed E-state index contributed by atoms with van der Waals surface area (Å²) < 4.78 is 15.5. The smallest absolute Gasteiger partial charge is 0.307 e. The molecular weight excluding hydrogens is 548 g/mol. The predicted molar refractivity (Wildman–Crippen MR) is 161 cm³/mol. The van der Waals surface area contributed by atoms with Gasteiger partial charge in [-0.1, -0.05) is 18.2 Å². The molecule has 0 aliphatic heterocycles. The molecule has 0 radical (unpaired) electrons. The van der Waals surface area contributed by atoms with E-state index in [0.717, 1.165) is 33.5 Å². The summed E-state index contributed by atoms with van der Waals surface area (Å²) in [6.45, 7) is 4.29. The van der Waals surface area contributed by atoms with Crippen molar-refractivity contribution in [1.82, 2.24) is 19.5 Å². The van der Waals surface area contributed by atoms with E-state index < -0.39 is 10.8 Å². The molecule has 0 saturated heterocycles. The highest BCUT2D eigenvalue weighted by Gasteiger charge is 2.13. The number of aryl methyl sites for hydroxylation is 2. The molecule has 6 aromatic rings. The van der Waals surface area contributed by atoms with Crippen LogP contribution >= 0.6 is 0 Å². The Hall–Kier alpha value is -5.97. The molecule has 2 aromatic carbocycles. The topological polar surface area (TPSA) is 130 Å². The Kier molecular flexibility index (Phi) is 7.27. The number of nitro groups is 1. The van der Waals surface area contributed by atoms with Crippen LogP contribution in [0.25, 0.3) is 22.4 Å². The number of carbonyl (C=O) groups excluding carboxylic acids is 1. The minimum atomic E-state index is -0.509. The van der Waals surface area contributed by atoms with Crippen LogP contribution in [0.15, 0.2) is 107 Å². The third kappa shape index (κ3) is 5.64. The first kappa shape index (κ1) is 27.2. The van der Waals surface area contributed by atoms with E-state index in [-0.39, 0.29) is 18.1 Å². The fourth-order valence-electron chi connectivity index (χ4n) is 4.84. The Morgan fingerprint density at radius 1 is 1.02 bits per heavy atom. The highest BCUT2D eigenvalue weighted by atomic mass is 16.6. The van der Waals surface area contributed by atoms with E-state index in [9.17, 15) is 14.9 Å². The number of hydrazone groups is 1. The van der Waals surface area contributed by atoms with Crippen molar-refractivity contribution in [2.75, 3.05) is 0 Å². The van der Waals surface area contributed by atoms with Crippen molar-refractivity contribution >= 4 is 28.7 Å². The van der Waals surface area contributed by atoms with Gasteiger partial charge < -0.3 is 18.3 Å². The minimum absolute atomic E-state index is 0.0928. The van der Waals surface area contributed by atoms with Crippen LogP contribution in [-0.4, -0.2) is 31.2 Å². The molecule has 0 fully saturated rings. The molecule has 0 atom stereocenters. The molecule has 4 aromatic heterocycles. The Morgan fingerprint density at radius 3 is 2.51 bits per heavy atom. The van der Waals surface area contributed by atoms with E-state index in [1.807, 2.05) is 48.5 Å². The first-order valence-electron chi connectivity index (χ1n) is 13.4. The number of hydrogen-bond donors (Lipinski definition) is 1. The van der Waals surface area contributed by atoms with Crippen LogP contribution < -0.4 is 10.2 Å². The fourth-order valence-corrected chi connectivity index (χ4v) is 4.84. The standard InChI is InChI=1S/C32H26N6O5/c1-21-7-8-22(2)37(21)24-9-12-26(13-10-24)42-20-27-14-15-30(43-27)32(39)35-34-17-23-19-36(29-6-4-3-5-28(23)29)31-16-11-25(18-33-31)38(40)41/h3-19H,20H2,1-2H3,(H,35,39)/b34-17+. The Labute approximate surface area is 245 Å². The molecule has 11 nitrogen and oxygen atoms in total. The Bertz CT molecular complexity index is 1950. The van der Waals surface area contributed by atoms with Crippen molar-refractivity contribution in [1.29, 1.82) is 0 Å². The molecule has 0 spiro atoms. The summed E-state index contributed by atoms with van der Waals surface area (Å²) in [7, 11) is 0. The lowest BCUT2D eigenvalue weighted by molar-refractivity contribution is -0.385. The average molecular weight is 575 g/mol. The number of rotatable bonds is 9. The third-order valence-corrected chi connectivity index (χ3v) is 6.94. The lowest BCUT2D eigenvalue weighted by Crippen LogP contribution is -2.16. The van der Waals surface area contributed by atoms with Gasteiger partial charge in [0.15, 0.2) is 5.76 Å². The fraction of sp³-hybridized carbons (Fsp3) is 0.0938. The molecule has 11 heteroatoms. The average Bonchev–Trinajstić information content (AvgIpc) is 3.74. The van der Waals surface area contributed by atoms with Crippen LogP contribution in [0.3, 0.4) is 0 Å².